The van der Waals surface area contributed by atoms with Gasteiger partial charge in [0.15, 0.2) is 5.69 Å². The quantitative estimate of drug-likeness (QED) is 0.601. The Morgan fingerprint density at radius 3 is 2.58 bits per heavy atom. The highest BCUT2D eigenvalue weighted by atomic mass is 16.3. The molecule has 0 saturated carbocycles. The van der Waals surface area contributed by atoms with Crippen LogP contribution in [-0.2, 0) is 6.54 Å². The van der Waals surface area contributed by atoms with Crippen molar-refractivity contribution in [2.75, 3.05) is 0 Å². The molecule has 7 heteroatoms. The van der Waals surface area contributed by atoms with Crippen molar-refractivity contribution in [2.24, 2.45) is 0 Å². The molecule has 0 radical (unpaired) electrons. The van der Waals surface area contributed by atoms with Crippen molar-refractivity contribution in [3.8, 4) is 16.9 Å². The minimum Gasteiger partial charge on any atom is -0.467 e. The summed E-state index contributed by atoms with van der Waals surface area (Å²) >= 11 is 0. The van der Waals surface area contributed by atoms with E-state index in [9.17, 15) is 4.79 Å². The van der Waals surface area contributed by atoms with Gasteiger partial charge in [0.25, 0.3) is 5.91 Å². The van der Waals surface area contributed by atoms with Crippen LogP contribution in [0.3, 0.4) is 0 Å². The van der Waals surface area contributed by atoms with E-state index in [0.29, 0.717) is 11.5 Å². The Balaban J connectivity index is 1.72. The third kappa shape index (κ3) is 3.10. The van der Waals surface area contributed by atoms with Gasteiger partial charge in [0.05, 0.1) is 18.5 Å². The summed E-state index contributed by atoms with van der Waals surface area (Å²) in [5.74, 6) is 0.342. The Morgan fingerprint density at radius 1 is 1.04 bits per heavy atom. The van der Waals surface area contributed by atoms with Gasteiger partial charge in [-0.2, -0.15) is 0 Å². The van der Waals surface area contributed by atoms with E-state index in [1.807, 2.05) is 42.5 Å². The van der Waals surface area contributed by atoms with E-state index in [0.717, 1.165) is 11.3 Å². The molecule has 0 bridgehead atoms. The van der Waals surface area contributed by atoms with Crippen molar-refractivity contribution in [2.45, 2.75) is 6.54 Å². The Labute approximate surface area is 149 Å². The number of hydrogen-bond donors (Lipinski definition) is 1. The molecule has 0 aliphatic carbocycles. The topological polar surface area (TPSA) is 85.8 Å². The van der Waals surface area contributed by atoms with Crippen LogP contribution in [0.4, 0.5) is 0 Å². The Bertz CT molecular complexity index is 995. The number of aromatic nitrogens is 4. The standard InChI is InChI=1S/C19H15N5O2/c25-19(21-13-16-7-4-12-26-16)17-18(14-8-10-20-11-9-14)24(23-22-17)15-5-2-1-3-6-15/h1-12H,13H2,(H,21,25). The molecule has 0 unspecified atom stereocenters. The van der Waals surface area contributed by atoms with Gasteiger partial charge < -0.3 is 9.73 Å². The summed E-state index contributed by atoms with van der Waals surface area (Å²) in [4.78, 5) is 16.7. The maximum Gasteiger partial charge on any atom is 0.274 e. The highest BCUT2D eigenvalue weighted by Crippen LogP contribution is 2.24. The van der Waals surface area contributed by atoms with Gasteiger partial charge in [0, 0.05) is 18.0 Å². The lowest BCUT2D eigenvalue weighted by Gasteiger charge is -2.08. The molecule has 0 atom stereocenters. The van der Waals surface area contributed by atoms with Crippen LogP contribution in [0.2, 0.25) is 0 Å². The van der Waals surface area contributed by atoms with Gasteiger partial charge in [-0.05, 0) is 36.4 Å². The highest BCUT2D eigenvalue weighted by Gasteiger charge is 2.22. The zero-order valence-corrected chi connectivity index (χ0v) is 13.7. The van der Waals surface area contributed by atoms with Gasteiger partial charge in [-0.1, -0.05) is 23.4 Å². The van der Waals surface area contributed by atoms with Crippen LogP contribution >= 0.6 is 0 Å². The summed E-state index contributed by atoms with van der Waals surface area (Å²) in [5.41, 5.74) is 2.47. The second-order valence-corrected chi connectivity index (χ2v) is 5.53. The van der Waals surface area contributed by atoms with Crippen molar-refractivity contribution in [1.82, 2.24) is 25.3 Å². The second-order valence-electron chi connectivity index (χ2n) is 5.53. The summed E-state index contributed by atoms with van der Waals surface area (Å²) in [6.45, 7) is 0.278. The summed E-state index contributed by atoms with van der Waals surface area (Å²) in [6, 6.07) is 16.8. The van der Waals surface area contributed by atoms with E-state index >= 15 is 0 Å². The Kier molecular flexibility index (Phi) is 4.26. The molecule has 3 heterocycles. The van der Waals surface area contributed by atoms with Crippen LogP contribution < -0.4 is 5.32 Å². The third-order valence-electron chi connectivity index (χ3n) is 3.84. The van der Waals surface area contributed by atoms with Crippen LogP contribution in [0.15, 0.2) is 77.7 Å². The first kappa shape index (κ1) is 15.8. The van der Waals surface area contributed by atoms with Gasteiger partial charge in [0.1, 0.15) is 11.5 Å². The molecule has 0 aliphatic heterocycles. The number of carbonyl (C=O) groups excluding carboxylic acids is 1. The van der Waals surface area contributed by atoms with Crippen LogP contribution in [-0.4, -0.2) is 25.9 Å². The number of rotatable bonds is 5. The first-order valence-electron chi connectivity index (χ1n) is 8.05. The van der Waals surface area contributed by atoms with Crippen LogP contribution in [0.25, 0.3) is 16.9 Å². The molecule has 26 heavy (non-hydrogen) atoms. The zero-order chi connectivity index (χ0) is 17.8. The number of nitrogens with one attached hydrogen (secondary N) is 1. The molecule has 0 aliphatic rings. The van der Waals surface area contributed by atoms with E-state index in [4.69, 9.17) is 4.42 Å². The molecule has 1 aromatic carbocycles. The monoisotopic (exact) mass is 345 g/mol. The average Bonchev–Trinajstić information content (AvgIpc) is 3.37. The highest BCUT2D eigenvalue weighted by molar-refractivity contribution is 5.98. The SMILES string of the molecule is O=C(NCc1ccco1)c1nnn(-c2ccccc2)c1-c1ccncc1. The van der Waals surface area contributed by atoms with Crippen LogP contribution in [0, 0.1) is 0 Å². The molecule has 0 fully saturated rings. The molecule has 7 nitrogen and oxygen atoms in total. The minimum absolute atomic E-state index is 0.242. The molecule has 0 spiro atoms. The van der Waals surface area contributed by atoms with E-state index in [-0.39, 0.29) is 18.1 Å². The molecule has 1 amide bonds. The molecule has 0 saturated heterocycles. The number of hydrogen-bond acceptors (Lipinski definition) is 5. The predicted molar refractivity (Wildman–Crippen MR) is 94.5 cm³/mol. The normalized spacial score (nSPS) is 10.6. The van der Waals surface area contributed by atoms with Crippen LogP contribution in [0.1, 0.15) is 16.2 Å². The van der Waals surface area contributed by atoms with Crippen molar-refractivity contribution in [3.63, 3.8) is 0 Å². The Morgan fingerprint density at radius 2 is 1.85 bits per heavy atom. The molecule has 4 rings (SSSR count). The third-order valence-corrected chi connectivity index (χ3v) is 3.84. The second kappa shape index (κ2) is 7.02. The number of nitrogens with zero attached hydrogens (tertiary/aromatic N) is 4. The summed E-state index contributed by atoms with van der Waals surface area (Å²) in [6.07, 6.45) is 4.90. The maximum absolute atomic E-state index is 12.7. The van der Waals surface area contributed by atoms with Gasteiger partial charge >= 0.3 is 0 Å². The van der Waals surface area contributed by atoms with E-state index in [1.165, 1.54) is 0 Å². The predicted octanol–water partition coefficient (Wildman–Crippen LogP) is 2.85. The van der Waals surface area contributed by atoms with Crippen molar-refractivity contribution in [1.29, 1.82) is 0 Å². The summed E-state index contributed by atoms with van der Waals surface area (Å²) in [7, 11) is 0. The van der Waals surface area contributed by atoms with Crippen LogP contribution in [0.5, 0.6) is 0 Å². The number of carbonyl (C=O) groups is 1. The van der Waals surface area contributed by atoms with E-state index in [2.05, 4.69) is 20.6 Å². The lowest BCUT2D eigenvalue weighted by Crippen LogP contribution is -2.23. The minimum atomic E-state index is -0.324. The molecule has 4 aromatic rings. The van der Waals surface area contributed by atoms with Gasteiger partial charge in [-0.15, -0.1) is 5.10 Å². The van der Waals surface area contributed by atoms with Crippen molar-refractivity contribution >= 4 is 5.91 Å². The lowest BCUT2D eigenvalue weighted by molar-refractivity contribution is 0.0943. The number of benzene rings is 1. The Hall–Kier alpha value is -3.74. The van der Waals surface area contributed by atoms with Crippen molar-refractivity contribution < 1.29 is 9.21 Å². The van der Waals surface area contributed by atoms with Gasteiger partial charge in [-0.25, -0.2) is 4.68 Å². The molecular weight excluding hydrogens is 330 g/mol. The van der Waals surface area contributed by atoms with Gasteiger partial charge in [0.2, 0.25) is 0 Å². The number of amides is 1. The number of para-hydroxylation sites is 1. The zero-order valence-electron chi connectivity index (χ0n) is 13.7. The van der Waals surface area contributed by atoms with Crippen molar-refractivity contribution in [3.05, 3.63) is 84.7 Å². The summed E-state index contributed by atoms with van der Waals surface area (Å²) in [5, 5.41) is 11.1. The number of furan rings is 1. The maximum atomic E-state index is 12.7. The van der Waals surface area contributed by atoms with E-state index in [1.54, 1.807) is 35.5 Å². The largest absolute Gasteiger partial charge is 0.467 e. The fraction of sp³-hybridized carbons (Fsp3) is 0.0526. The molecular formula is C19H15N5O2. The van der Waals surface area contributed by atoms with Gasteiger partial charge in [-0.3, -0.25) is 9.78 Å². The molecule has 1 N–H and O–H groups in total. The fourth-order valence-corrected chi connectivity index (χ4v) is 2.62. The first-order valence-corrected chi connectivity index (χ1v) is 8.05. The summed E-state index contributed by atoms with van der Waals surface area (Å²) < 4.78 is 6.89. The molecule has 128 valence electrons. The smallest absolute Gasteiger partial charge is 0.274 e. The fourth-order valence-electron chi connectivity index (χ4n) is 2.62. The molecule has 3 aromatic heterocycles. The first-order chi connectivity index (χ1) is 12.8. The van der Waals surface area contributed by atoms with E-state index < -0.39 is 0 Å². The average molecular weight is 345 g/mol. The lowest BCUT2D eigenvalue weighted by atomic mass is 10.1. The number of pyridine rings is 1.